The van der Waals surface area contributed by atoms with E-state index < -0.39 is 0 Å². The second-order valence-corrected chi connectivity index (χ2v) is 2.83. The van der Waals surface area contributed by atoms with Crippen molar-refractivity contribution in [3.8, 4) is 11.5 Å². The molecule has 64 valence electrons. The van der Waals surface area contributed by atoms with E-state index in [-0.39, 0.29) is 12.7 Å². The lowest BCUT2D eigenvalue weighted by Gasteiger charge is -1.92. The highest BCUT2D eigenvalue weighted by molar-refractivity contribution is 6.06. The molecule has 2 heterocycles. The summed E-state index contributed by atoms with van der Waals surface area (Å²) in [7, 11) is 0. The molecule has 0 spiro atoms. The van der Waals surface area contributed by atoms with Crippen molar-refractivity contribution in [1.29, 1.82) is 0 Å². The molecule has 4 nitrogen and oxygen atoms in total. The van der Waals surface area contributed by atoms with Gasteiger partial charge in [0, 0.05) is 6.08 Å². The van der Waals surface area contributed by atoms with Crippen molar-refractivity contribution in [3.05, 3.63) is 22.7 Å². The molecular weight excluding hydrogens is 170 g/mol. The van der Waals surface area contributed by atoms with Crippen LogP contribution in [0, 0.1) is 0 Å². The Morgan fingerprint density at radius 2 is 2.23 bits per heavy atom. The first-order valence-electron chi connectivity index (χ1n) is 3.87. The van der Waals surface area contributed by atoms with Gasteiger partial charge in [0.1, 0.15) is 0 Å². The monoisotopic (exact) mass is 175 g/mol. The zero-order chi connectivity index (χ0) is 8.84. The summed E-state index contributed by atoms with van der Waals surface area (Å²) in [5, 5.41) is 1.40. The molecule has 0 saturated heterocycles. The number of ether oxygens (including phenoxy) is 2. The highest BCUT2D eigenvalue weighted by Gasteiger charge is 2.18. The largest absolute Gasteiger partial charge is 0.454 e. The first-order chi connectivity index (χ1) is 6.34. The van der Waals surface area contributed by atoms with Crippen LogP contribution in [0.25, 0.3) is 6.08 Å². The third-order valence-corrected chi connectivity index (χ3v) is 2.05. The lowest BCUT2D eigenvalue weighted by Crippen LogP contribution is -2.21. The molecule has 0 N–H and O–H groups in total. The van der Waals surface area contributed by atoms with Crippen molar-refractivity contribution in [2.45, 2.75) is 0 Å². The van der Waals surface area contributed by atoms with Crippen LogP contribution in [0.3, 0.4) is 0 Å². The summed E-state index contributed by atoms with van der Waals surface area (Å²) in [4.78, 5) is 14.8. The van der Waals surface area contributed by atoms with Crippen LogP contribution in [0.5, 0.6) is 11.5 Å². The van der Waals surface area contributed by atoms with Gasteiger partial charge >= 0.3 is 0 Å². The summed E-state index contributed by atoms with van der Waals surface area (Å²) < 4.78 is 10.4. The Kier molecular flexibility index (Phi) is 1.07. The Morgan fingerprint density at radius 1 is 1.31 bits per heavy atom. The van der Waals surface area contributed by atoms with E-state index in [1.165, 1.54) is 6.08 Å². The molecule has 3 rings (SSSR count). The summed E-state index contributed by atoms with van der Waals surface area (Å²) in [6.07, 6.45) is 1.46. The van der Waals surface area contributed by atoms with Crippen molar-refractivity contribution >= 4 is 12.0 Å². The second kappa shape index (κ2) is 2.10. The number of hydrogen-bond donors (Lipinski definition) is 0. The molecule has 2 aliphatic heterocycles. The Labute approximate surface area is 73.1 Å². The zero-order valence-corrected chi connectivity index (χ0v) is 6.61. The quantitative estimate of drug-likeness (QED) is 0.526. The van der Waals surface area contributed by atoms with Crippen molar-refractivity contribution < 1.29 is 14.3 Å². The van der Waals surface area contributed by atoms with Gasteiger partial charge in [-0.2, -0.15) is 0 Å². The molecule has 0 bridgehead atoms. The van der Waals surface area contributed by atoms with Gasteiger partial charge in [-0.25, -0.2) is 4.99 Å². The number of carbonyl (C=O) groups is 1. The lowest BCUT2D eigenvalue weighted by atomic mass is 10.2. The molecule has 13 heavy (non-hydrogen) atoms. The normalized spacial score (nSPS) is 16.5. The predicted octanol–water partition coefficient (Wildman–Crippen LogP) is -0.644. The predicted molar refractivity (Wildman–Crippen MR) is 42.8 cm³/mol. The number of nitrogens with zero attached hydrogens (tertiary/aromatic N) is 1. The third kappa shape index (κ3) is 0.796. The molecular formula is C9H5NO3. The molecule has 0 fully saturated rings. The molecule has 1 aromatic carbocycles. The maximum atomic E-state index is 11.0. The number of benzene rings is 1. The smallest absolute Gasteiger partial charge is 0.271 e. The summed E-state index contributed by atoms with van der Waals surface area (Å²) in [6, 6.07) is 3.52. The Balaban J connectivity index is 2.47. The van der Waals surface area contributed by atoms with E-state index in [2.05, 4.69) is 4.99 Å². The fraction of sp³-hybridized carbons (Fsp3) is 0.111. The highest BCUT2D eigenvalue weighted by Crippen LogP contribution is 2.26. The van der Waals surface area contributed by atoms with Crippen LogP contribution < -0.4 is 20.0 Å². The summed E-state index contributed by atoms with van der Waals surface area (Å²) in [5.74, 6) is 1.07. The van der Waals surface area contributed by atoms with Gasteiger partial charge in [0.05, 0.1) is 10.6 Å². The molecule has 0 saturated carbocycles. The van der Waals surface area contributed by atoms with Crippen LogP contribution >= 0.6 is 0 Å². The molecule has 0 atom stereocenters. The van der Waals surface area contributed by atoms with E-state index in [1.807, 2.05) is 0 Å². The highest BCUT2D eigenvalue weighted by atomic mass is 16.7. The van der Waals surface area contributed by atoms with E-state index in [4.69, 9.17) is 9.47 Å². The number of amides is 1. The minimum atomic E-state index is -0.237. The van der Waals surface area contributed by atoms with Crippen LogP contribution in [0.2, 0.25) is 0 Å². The van der Waals surface area contributed by atoms with Gasteiger partial charge in [-0.1, -0.05) is 0 Å². The van der Waals surface area contributed by atoms with E-state index >= 15 is 0 Å². The molecule has 0 unspecified atom stereocenters. The summed E-state index contributed by atoms with van der Waals surface area (Å²) >= 11 is 0. The van der Waals surface area contributed by atoms with Gasteiger partial charge in [0.25, 0.3) is 5.91 Å². The van der Waals surface area contributed by atoms with E-state index in [9.17, 15) is 4.79 Å². The molecule has 4 heteroatoms. The van der Waals surface area contributed by atoms with Gasteiger partial charge in [-0.05, 0) is 12.1 Å². The maximum Gasteiger partial charge on any atom is 0.271 e. The van der Waals surface area contributed by atoms with Crippen LogP contribution in [0.15, 0.2) is 17.1 Å². The molecule has 2 aliphatic rings. The van der Waals surface area contributed by atoms with Crippen molar-refractivity contribution in [2.75, 3.05) is 6.79 Å². The summed E-state index contributed by atoms with van der Waals surface area (Å²) in [6.45, 7) is 0.216. The van der Waals surface area contributed by atoms with Gasteiger partial charge in [0.2, 0.25) is 6.79 Å². The topological polar surface area (TPSA) is 47.9 Å². The fourth-order valence-electron chi connectivity index (χ4n) is 1.49. The zero-order valence-electron chi connectivity index (χ0n) is 6.61. The number of hydrogen-bond acceptors (Lipinski definition) is 3. The minimum Gasteiger partial charge on any atom is -0.454 e. The van der Waals surface area contributed by atoms with Gasteiger partial charge < -0.3 is 9.47 Å². The van der Waals surface area contributed by atoms with Gasteiger partial charge in [-0.3, -0.25) is 4.79 Å². The molecule has 1 amide bonds. The van der Waals surface area contributed by atoms with Crippen LogP contribution in [-0.4, -0.2) is 12.7 Å². The SMILES string of the molecule is O=C1C=c2c3c(ccc2=N1)OCO3. The average Bonchev–Trinajstić information content (AvgIpc) is 2.65. The van der Waals surface area contributed by atoms with Crippen molar-refractivity contribution in [1.82, 2.24) is 0 Å². The van der Waals surface area contributed by atoms with Gasteiger partial charge in [-0.15, -0.1) is 0 Å². The van der Waals surface area contributed by atoms with Gasteiger partial charge in [0.15, 0.2) is 11.5 Å². The second-order valence-electron chi connectivity index (χ2n) is 2.83. The fourth-order valence-corrected chi connectivity index (χ4v) is 1.49. The minimum absolute atomic E-state index is 0.216. The average molecular weight is 175 g/mol. The van der Waals surface area contributed by atoms with Crippen LogP contribution in [-0.2, 0) is 4.79 Å². The van der Waals surface area contributed by atoms with Crippen LogP contribution in [0.4, 0.5) is 0 Å². The van der Waals surface area contributed by atoms with E-state index in [1.54, 1.807) is 12.1 Å². The van der Waals surface area contributed by atoms with E-state index in [0.29, 0.717) is 16.9 Å². The molecule has 0 aromatic heterocycles. The standard InChI is InChI=1S/C9H5NO3/c11-8-3-5-6(10-8)1-2-7-9(5)13-4-12-7/h1-3H,4H2. The summed E-state index contributed by atoms with van der Waals surface area (Å²) in [5.41, 5.74) is 0. The number of carbonyl (C=O) groups excluding carboxylic acids is 1. The third-order valence-electron chi connectivity index (χ3n) is 2.05. The van der Waals surface area contributed by atoms with Crippen LogP contribution in [0.1, 0.15) is 0 Å². The Hall–Kier alpha value is -1.84. The van der Waals surface area contributed by atoms with E-state index in [0.717, 1.165) is 5.22 Å². The van der Waals surface area contributed by atoms with Crippen molar-refractivity contribution in [2.24, 2.45) is 4.99 Å². The van der Waals surface area contributed by atoms with Crippen molar-refractivity contribution in [3.63, 3.8) is 0 Å². The first kappa shape index (κ1) is 6.65. The molecule has 1 aromatic rings. The molecule has 0 radical (unpaired) electrons. The number of fused-ring (bicyclic) bond motifs is 3. The lowest BCUT2D eigenvalue weighted by molar-refractivity contribution is -0.112. The maximum absolute atomic E-state index is 11.0. The Bertz CT molecular complexity index is 518. The first-order valence-corrected chi connectivity index (χ1v) is 3.87. The molecule has 0 aliphatic carbocycles. The Morgan fingerprint density at radius 3 is 3.15 bits per heavy atom. The number of rotatable bonds is 0.